The molecule has 1 heterocycles. The number of thiazole rings is 1. The van der Waals surface area contributed by atoms with Gasteiger partial charge < -0.3 is 9.47 Å². The van der Waals surface area contributed by atoms with Crippen molar-refractivity contribution in [1.82, 2.24) is 4.98 Å². The van der Waals surface area contributed by atoms with Gasteiger partial charge in [0.2, 0.25) is 5.13 Å². The van der Waals surface area contributed by atoms with Gasteiger partial charge >= 0.3 is 0 Å². The average Bonchev–Trinajstić information content (AvgIpc) is 3.13. The molecule has 0 spiro atoms. The highest BCUT2D eigenvalue weighted by molar-refractivity contribution is 7.22. The first-order valence-electron chi connectivity index (χ1n) is 8.47. The summed E-state index contributed by atoms with van der Waals surface area (Å²) in [6, 6.07) is 20.7. The van der Waals surface area contributed by atoms with Crippen LogP contribution in [0, 0.1) is 0 Å². The summed E-state index contributed by atoms with van der Waals surface area (Å²) in [7, 11) is 1.65. The number of hydrogen-bond donors (Lipinski definition) is 1. The maximum Gasteiger partial charge on any atom is 0.204 e. The molecule has 0 saturated heterocycles. The van der Waals surface area contributed by atoms with Crippen LogP contribution in [-0.2, 0) is 0 Å². The Kier molecular flexibility index (Phi) is 5.41. The van der Waals surface area contributed by atoms with Crippen LogP contribution in [0.3, 0.4) is 0 Å². The third-order valence-corrected chi connectivity index (χ3v) is 5.07. The lowest BCUT2D eigenvalue weighted by atomic mass is 10.2. The third kappa shape index (κ3) is 4.42. The number of hydrogen-bond acceptors (Lipinski definition) is 6. The van der Waals surface area contributed by atoms with Crippen LogP contribution in [0.15, 0.2) is 71.8 Å². The van der Waals surface area contributed by atoms with Gasteiger partial charge in [0.05, 0.1) is 23.5 Å². The molecule has 0 amide bonds. The van der Waals surface area contributed by atoms with Gasteiger partial charge in [-0.2, -0.15) is 5.10 Å². The van der Waals surface area contributed by atoms with Crippen LogP contribution in [0.25, 0.3) is 10.2 Å². The van der Waals surface area contributed by atoms with Crippen LogP contribution in [-0.4, -0.2) is 18.3 Å². The molecule has 28 heavy (non-hydrogen) atoms. The van der Waals surface area contributed by atoms with E-state index in [4.69, 9.17) is 21.1 Å². The molecule has 0 atom stereocenters. The second kappa shape index (κ2) is 8.29. The van der Waals surface area contributed by atoms with E-state index in [0.29, 0.717) is 5.02 Å². The van der Waals surface area contributed by atoms with E-state index in [1.165, 1.54) is 11.3 Å². The molecule has 3 aromatic carbocycles. The van der Waals surface area contributed by atoms with Crippen LogP contribution in [0.4, 0.5) is 5.13 Å². The van der Waals surface area contributed by atoms with Crippen molar-refractivity contribution in [3.8, 4) is 17.2 Å². The maximum atomic E-state index is 5.88. The summed E-state index contributed by atoms with van der Waals surface area (Å²) in [6.07, 6.45) is 1.73. The van der Waals surface area contributed by atoms with E-state index in [-0.39, 0.29) is 0 Å². The monoisotopic (exact) mass is 409 g/mol. The van der Waals surface area contributed by atoms with Gasteiger partial charge in [0, 0.05) is 5.02 Å². The van der Waals surface area contributed by atoms with Gasteiger partial charge in [-0.15, -0.1) is 0 Å². The Bertz CT molecular complexity index is 1110. The first kappa shape index (κ1) is 18.3. The minimum atomic E-state index is 0.679. The van der Waals surface area contributed by atoms with Crippen LogP contribution in [0.2, 0.25) is 5.02 Å². The molecule has 4 aromatic rings. The van der Waals surface area contributed by atoms with E-state index < -0.39 is 0 Å². The summed E-state index contributed by atoms with van der Waals surface area (Å²) in [6.45, 7) is 0. The summed E-state index contributed by atoms with van der Waals surface area (Å²) in [5, 5.41) is 5.66. The van der Waals surface area contributed by atoms with Crippen LogP contribution in [0.5, 0.6) is 17.2 Å². The van der Waals surface area contributed by atoms with Crippen molar-refractivity contribution in [3.05, 3.63) is 77.3 Å². The number of methoxy groups -OCH3 is 1. The third-order valence-electron chi connectivity index (χ3n) is 3.90. The maximum absolute atomic E-state index is 5.88. The molecule has 0 aliphatic rings. The second-order valence-electron chi connectivity index (χ2n) is 5.85. The van der Waals surface area contributed by atoms with Crippen LogP contribution >= 0.6 is 22.9 Å². The molecular formula is C21H16ClN3O2S. The Labute approximate surface area is 171 Å². The molecular weight excluding hydrogens is 394 g/mol. The highest BCUT2D eigenvalue weighted by Gasteiger charge is 2.04. The van der Waals surface area contributed by atoms with Crippen molar-refractivity contribution >= 4 is 44.5 Å². The first-order valence-corrected chi connectivity index (χ1v) is 9.66. The molecule has 0 saturated carbocycles. The second-order valence-corrected chi connectivity index (χ2v) is 7.31. The van der Waals surface area contributed by atoms with E-state index >= 15 is 0 Å². The van der Waals surface area contributed by atoms with Crippen molar-refractivity contribution in [2.24, 2.45) is 5.10 Å². The fourth-order valence-corrected chi connectivity index (χ4v) is 3.47. The van der Waals surface area contributed by atoms with Crippen LogP contribution < -0.4 is 14.9 Å². The largest absolute Gasteiger partial charge is 0.497 e. The number of benzene rings is 3. The number of nitrogens with zero attached hydrogens (tertiary/aromatic N) is 2. The summed E-state index contributed by atoms with van der Waals surface area (Å²) in [5.74, 6) is 2.29. The molecule has 140 valence electrons. The molecule has 4 rings (SSSR count). The fourth-order valence-electron chi connectivity index (χ4n) is 2.50. The van der Waals surface area contributed by atoms with Crippen molar-refractivity contribution in [1.29, 1.82) is 0 Å². The Morgan fingerprint density at radius 1 is 0.964 bits per heavy atom. The van der Waals surface area contributed by atoms with E-state index in [2.05, 4.69) is 15.5 Å². The molecule has 1 N–H and O–H groups in total. The van der Waals surface area contributed by atoms with Gasteiger partial charge in [-0.25, -0.2) is 4.98 Å². The molecule has 0 bridgehead atoms. The molecule has 0 aliphatic heterocycles. The minimum Gasteiger partial charge on any atom is -0.497 e. The smallest absolute Gasteiger partial charge is 0.204 e. The van der Waals surface area contributed by atoms with Crippen molar-refractivity contribution in [3.63, 3.8) is 0 Å². The predicted octanol–water partition coefficient (Wildman–Crippen LogP) is 6.20. The Balaban J connectivity index is 1.38. The normalized spacial score (nSPS) is 11.1. The summed E-state index contributed by atoms with van der Waals surface area (Å²) in [4.78, 5) is 4.50. The number of nitrogens with one attached hydrogen (secondary N) is 1. The molecule has 5 nitrogen and oxygen atoms in total. The molecule has 0 radical (unpaired) electrons. The number of rotatable bonds is 6. The Morgan fingerprint density at radius 2 is 1.64 bits per heavy atom. The SMILES string of the molecule is COc1ccc2nc(N/N=C\c3ccc(Oc4ccc(Cl)cc4)cc3)sc2c1. The van der Waals surface area contributed by atoms with Gasteiger partial charge in [-0.05, 0) is 72.3 Å². The van der Waals surface area contributed by atoms with E-state index in [1.807, 2.05) is 54.6 Å². The quantitative estimate of drug-likeness (QED) is 0.304. The summed E-state index contributed by atoms with van der Waals surface area (Å²) < 4.78 is 12.1. The number of halogens is 1. The lowest BCUT2D eigenvalue weighted by Crippen LogP contribution is -1.90. The molecule has 7 heteroatoms. The summed E-state index contributed by atoms with van der Waals surface area (Å²) in [5.41, 5.74) is 4.82. The lowest BCUT2D eigenvalue weighted by molar-refractivity contribution is 0.415. The number of aromatic nitrogens is 1. The number of ether oxygens (including phenoxy) is 2. The standard InChI is InChI=1S/C21H16ClN3O2S/c1-26-18-10-11-19-20(12-18)28-21(24-19)25-23-13-14-2-6-16(7-3-14)27-17-8-4-15(22)5-9-17/h2-13H,1H3,(H,24,25)/b23-13-. The van der Waals surface area contributed by atoms with Crippen molar-refractivity contribution in [2.45, 2.75) is 0 Å². The molecule has 0 aliphatic carbocycles. The van der Waals surface area contributed by atoms with Crippen molar-refractivity contribution in [2.75, 3.05) is 12.5 Å². The van der Waals surface area contributed by atoms with Gasteiger partial charge in [0.15, 0.2) is 0 Å². The highest BCUT2D eigenvalue weighted by atomic mass is 35.5. The fraction of sp³-hybridized carbons (Fsp3) is 0.0476. The van der Waals surface area contributed by atoms with Gasteiger partial charge in [-0.3, -0.25) is 5.43 Å². The number of anilines is 1. The molecule has 0 unspecified atom stereocenters. The number of hydrazone groups is 1. The predicted molar refractivity (Wildman–Crippen MR) is 115 cm³/mol. The average molecular weight is 410 g/mol. The van der Waals surface area contributed by atoms with Crippen LogP contribution in [0.1, 0.15) is 5.56 Å². The van der Waals surface area contributed by atoms with E-state index in [9.17, 15) is 0 Å². The Hall–Kier alpha value is -3.09. The van der Waals surface area contributed by atoms with Gasteiger partial charge in [0.25, 0.3) is 0 Å². The Morgan fingerprint density at radius 3 is 2.36 bits per heavy atom. The van der Waals surface area contributed by atoms with E-state index in [0.717, 1.165) is 38.2 Å². The first-order chi connectivity index (χ1) is 13.7. The van der Waals surface area contributed by atoms with Gasteiger partial charge in [-0.1, -0.05) is 22.9 Å². The zero-order valence-electron chi connectivity index (χ0n) is 14.9. The molecule has 1 aromatic heterocycles. The zero-order chi connectivity index (χ0) is 19.3. The number of fused-ring (bicyclic) bond motifs is 1. The zero-order valence-corrected chi connectivity index (χ0v) is 16.5. The summed E-state index contributed by atoms with van der Waals surface area (Å²) >= 11 is 7.40. The minimum absolute atomic E-state index is 0.679. The van der Waals surface area contributed by atoms with Crippen molar-refractivity contribution < 1.29 is 9.47 Å². The molecule has 0 fully saturated rings. The van der Waals surface area contributed by atoms with E-state index in [1.54, 1.807) is 25.5 Å². The van der Waals surface area contributed by atoms with Gasteiger partial charge in [0.1, 0.15) is 17.2 Å². The lowest BCUT2D eigenvalue weighted by Gasteiger charge is -2.05. The topological polar surface area (TPSA) is 55.7 Å². The highest BCUT2D eigenvalue weighted by Crippen LogP contribution is 2.29.